The predicted octanol–water partition coefficient (Wildman–Crippen LogP) is 1.22. The molecular formula is C8H16O3. The van der Waals surface area contributed by atoms with Gasteiger partial charge in [-0.05, 0) is 6.92 Å². The van der Waals surface area contributed by atoms with Crippen LogP contribution in [0.3, 0.4) is 0 Å². The lowest BCUT2D eigenvalue weighted by molar-refractivity contribution is -0.154. The molecule has 0 radical (unpaired) electrons. The fourth-order valence-corrected chi connectivity index (χ4v) is 0.603. The van der Waals surface area contributed by atoms with Gasteiger partial charge in [-0.2, -0.15) is 0 Å². The Morgan fingerprint density at radius 3 is 2.27 bits per heavy atom. The molecule has 66 valence electrons. The van der Waals surface area contributed by atoms with Crippen LogP contribution >= 0.6 is 0 Å². The summed E-state index contributed by atoms with van der Waals surface area (Å²) < 4.78 is 9.80. The molecule has 1 atom stereocenters. The minimum Gasteiger partial charge on any atom is -0.460 e. The highest BCUT2D eigenvalue weighted by atomic mass is 16.6. The molecule has 0 saturated carbocycles. The first-order valence-corrected chi connectivity index (χ1v) is 3.77. The molecule has 0 saturated heterocycles. The molecule has 0 heterocycles. The van der Waals surface area contributed by atoms with Crippen LogP contribution in [0.25, 0.3) is 0 Å². The Morgan fingerprint density at radius 2 is 1.91 bits per heavy atom. The third kappa shape index (κ3) is 4.79. The lowest BCUT2D eigenvalue weighted by Crippen LogP contribution is -2.22. The van der Waals surface area contributed by atoms with Gasteiger partial charge >= 0.3 is 5.97 Å². The summed E-state index contributed by atoms with van der Waals surface area (Å²) in [7, 11) is 1.58. The van der Waals surface area contributed by atoms with E-state index in [2.05, 4.69) is 0 Å². The van der Waals surface area contributed by atoms with Crippen molar-refractivity contribution < 1.29 is 14.3 Å². The molecule has 0 unspecified atom stereocenters. The SMILES string of the molecule is COC[C@@H](C)OC(=O)C(C)C. The van der Waals surface area contributed by atoms with E-state index in [9.17, 15) is 4.79 Å². The Hall–Kier alpha value is -0.570. The van der Waals surface area contributed by atoms with Gasteiger partial charge in [-0.25, -0.2) is 0 Å². The summed E-state index contributed by atoms with van der Waals surface area (Å²) in [6.45, 7) is 5.88. The predicted molar refractivity (Wildman–Crippen MR) is 42.3 cm³/mol. The second-order valence-electron chi connectivity index (χ2n) is 2.86. The molecule has 0 aliphatic carbocycles. The van der Waals surface area contributed by atoms with Crippen LogP contribution in [0.5, 0.6) is 0 Å². The minimum atomic E-state index is -0.172. The monoisotopic (exact) mass is 160 g/mol. The van der Waals surface area contributed by atoms with Crippen molar-refractivity contribution in [2.24, 2.45) is 5.92 Å². The molecule has 0 aliphatic rings. The third-order valence-corrected chi connectivity index (χ3v) is 1.19. The van der Waals surface area contributed by atoms with Gasteiger partial charge < -0.3 is 9.47 Å². The van der Waals surface area contributed by atoms with E-state index in [0.717, 1.165) is 0 Å². The average Bonchev–Trinajstić information content (AvgIpc) is 1.87. The molecule has 3 heteroatoms. The zero-order valence-electron chi connectivity index (χ0n) is 7.59. The van der Waals surface area contributed by atoms with Crippen LogP contribution in [-0.4, -0.2) is 25.8 Å². The highest BCUT2D eigenvalue weighted by Gasteiger charge is 2.12. The van der Waals surface area contributed by atoms with Crippen LogP contribution in [0.15, 0.2) is 0 Å². The molecule has 0 rings (SSSR count). The van der Waals surface area contributed by atoms with Gasteiger partial charge in [-0.15, -0.1) is 0 Å². The van der Waals surface area contributed by atoms with Gasteiger partial charge in [-0.1, -0.05) is 13.8 Å². The second-order valence-corrected chi connectivity index (χ2v) is 2.86. The van der Waals surface area contributed by atoms with E-state index in [1.54, 1.807) is 7.11 Å². The Labute approximate surface area is 67.7 Å². The van der Waals surface area contributed by atoms with E-state index in [0.29, 0.717) is 6.61 Å². The average molecular weight is 160 g/mol. The first-order valence-electron chi connectivity index (χ1n) is 3.77. The zero-order valence-corrected chi connectivity index (χ0v) is 7.59. The van der Waals surface area contributed by atoms with E-state index >= 15 is 0 Å². The molecule has 3 nitrogen and oxygen atoms in total. The summed E-state index contributed by atoms with van der Waals surface area (Å²) >= 11 is 0. The van der Waals surface area contributed by atoms with Crippen LogP contribution in [0, 0.1) is 5.92 Å². The molecule has 0 aromatic carbocycles. The molecular weight excluding hydrogens is 144 g/mol. The number of methoxy groups -OCH3 is 1. The topological polar surface area (TPSA) is 35.5 Å². The van der Waals surface area contributed by atoms with Gasteiger partial charge in [-0.3, -0.25) is 4.79 Å². The molecule has 11 heavy (non-hydrogen) atoms. The van der Waals surface area contributed by atoms with Crippen molar-refractivity contribution in [3.8, 4) is 0 Å². The van der Waals surface area contributed by atoms with Crippen molar-refractivity contribution in [3.05, 3.63) is 0 Å². The van der Waals surface area contributed by atoms with Gasteiger partial charge in [0.2, 0.25) is 0 Å². The molecule has 0 spiro atoms. The Morgan fingerprint density at radius 1 is 1.36 bits per heavy atom. The van der Waals surface area contributed by atoms with Crippen molar-refractivity contribution >= 4 is 5.97 Å². The number of hydrogen-bond donors (Lipinski definition) is 0. The number of rotatable bonds is 4. The van der Waals surface area contributed by atoms with Gasteiger partial charge in [0, 0.05) is 7.11 Å². The lowest BCUT2D eigenvalue weighted by Gasteiger charge is -2.13. The third-order valence-electron chi connectivity index (χ3n) is 1.19. The second kappa shape index (κ2) is 5.13. The summed E-state index contributed by atoms with van der Waals surface area (Å²) in [4.78, 5) is 11.0. The maximum atomic E-state index is 11.0. The maximum Gasteiger partial charge on any atom is 0.308 e. The summed E-state index contributed by atoms with van der Waals surface area (Å²) in [6, 6.07) is 0. The summed E-state index contributed by atoms with van der Waals surface area (Å²) in [5, 5.41) is 0. The first kappa shape index (κ1) is 10.4. The van der Waals surface area contributed by atoms with Crippen LogP contribution in [0.1, 0.15) is 20.8 Å². The zero-order chi connectivity index (χ0) is 8.85. The highest BCUT2D eigenvalue weighted by molar-refractivity contribution is 5.71. The molecule has 0 aromatic rings. The molecule has 0 bridgehead atoms. The molecule has 0 N–H and O–H groups in total. The van der Waals surface area contributed by atoms with Gasteiger partial charge in [0.15, 0.2) is 0 Å². The van der Waals surface area contributed by atoms with Crippen LogP contribution in [0.4, 0.5) is 0 Å². The van der Waals surface area contributed by atoms with Crippen molar-refractivity contribution in [2.45, 2.75) is 26.9 Å². The smallest absolute Gasteiger partial charge is 0.308 e. The fourth-order valence-electron chi connectivity index (χ4n) is 0.603. The van der Waals surface area contributed by atoms with Gasteiger partial charge in [0.25, 0.3) is 0 Å². The maximum absolute atomic E-state index is 11.0. The van der Waals surface area contributed by atoms with Crippen molar-refractivity contribution in [2.75, 3.05) is 13.7 Å². The van der Waals surface area contributed by atoms with Crippen LogP contribution in [-0.2, 0) is 14.3 Å². The number of esters is 1. The Bertz CT molecular complexity index is 121. The van der Waals surface area contributed by atoms with E-state index in [4.69, 9.17) is 9.47 Å². The fraction of sp³-hybridized carbons (Fsp3) is 0.875. The van der Waals surface area contributed by atoms with Crippen molar-refractivity contribution in [1.29, 1.82) is 0 Å². The minimum absolute atomic E-state index is 0.0608. The van der Waals surface area contributed by atoms with E-state index < -0.39 is 0 Å². The van der Waals surface area contributed by atoms with E-state index in [1.807, 2.05) is 20.8 Å². The summed E-state index contributed by atoms with van der Waals surface area (Å²) in [6.07, 6.45) is -0.144. The van der Waals surface area contributed by atoms with E-state index in [1.165, 1.54) is 0 Å². The standard InChI is InChI=1S/C8H16O3/c1-6(2)8(9)11-7(3)5-10-4/h6-7H,5H2,1-4H3/t7-/m1/s1. The largest absolute Gasteiger partial charge is 0.460 e. The van der Waals surface area contributed by atoms with E-state index in [-0.39, 0.29) is 18.0 Å². The van der Waals surface area contributed by atoms with Gasteiger partial charge in [0.05, 0.1) is 12.5 Å². The number of carbonyl (C=O) groups is 1. The van der Waals surface area contributed by atoms with Crippen LogP contribution < -0.4 is 0 Å². The summed E-state index contributed by atoms with van der Waals surface area (Å²) in [5.41, 5.74) is 0. The summed E-state index contributed by atoms with van der Waals surface area (Å²) in [5.74, 6) is -0.233. The molecule has 0 amide bonds. The number of carbonyl (C=O) groups excluding carboxylic acids is 1. The Balaban J connectivity index is 3.57. The van der Waals surface area contributed by atoms with Crippen LogP contribution in [0.2, 0.25) is 0 Å². The Kier molecular flexibility index (Phi) is 4.86. The molecule has 0 fully saturated rings. The van der Waals surface area contributed by atoms with Gasteiger partial charge in [0.1, 0.15) is 6.10 Å². The number of hydrogen-bond acceptors (Lipinski definition) is 3. The highest BCUT2D eigenvalue weighted by Crippen LogP contribution is 2.00. The number of ether oxygens (including phenoxy) is 2. The lowest BCUT2D eigenvalue weighted by atomic mass is 10.2. The molecule has 0 aromatic heterocycles. The van der Waals surface area contributed by atoms with Crippen molar-refractivity contribution in [1.82, 2.24) is 0 Å². The molecule has 0 aliphatic heterocycles. The normalized spacial score (nSPS) is 13.2. The quantitative estimate of drug-likeness (QED) is 0.580. The van der Waals surface area contributed by atoms with Crippen molar-refractivity contribution in [3.63, 3.8) is 0 Å². The first-order chi connectivity index (χ1) is 5.07.